The zero-order valence-electron chi connectivity index (χ0n) is 19.1. The van der Waals surface area contributed by atoms with Crippen LogP contribution in [-0.4, -0.2) is 41.1 Å². The quantitative estimate of drug-likeness (QED) is 0.296. The number of carbonyl (C=O) groups is 1. The third-order valence-electron chi connectivity index (χ3n) is 5.14. The Bertz CT molecular complexity index is 819. The molecular formula is C24H35BrN2O4Si. The molecule has 3 N–H and O–H groups in total. The molecule has 2 aromatic rings. The van der Waals surface area contributed by atoms with Gasteiger partial charge in [0.05, 0.1) is 5.04 Å². The molecule has 0 saturated heterocycles. The summed E-state index contributed by atoms with van der Waals surface area (Å²) in [4.78, 5) is 11.7. The van der Waals surface area contributed by atoms with Gasteiger partial charge in [0.25, 0.3) is 0 Å². The highest BCUT2D eigenvalue weighted by atomic mass is 79.9. The third kappa shape index (κ3) is 5.95. The summed E-state index contributed by atoms with van der Waals surface area (Å²) in [6.07, 6.45) is 1.83. The lowest BCUT2D eigenvalue weighted by molar-refractivity contribution is -0.111. The molecule has 2 aromatic carbocycles. The third-order valence-corrected chi connectivity index (χ3v) is 9.02. The van der Waals surface area contributed by atoms with Crippen LogP contribution in [0, 0.1) is 0 Å². The maximum Gasteiger partial charge on any atom is 0.516 e. The standard InChI is InChI=1S/C24H34N2O4Si.BrH/c1-5-23(27)26-22-16-14-21(15-17-22)24(18-19-25,20-12-10-9-11-13-20)31(28-6-2,29-7-3)30-8-4;/h5,9-17H,1,6-8,18-19,25H2,2-4H3,(H,26,27);1H. The Morgan fingerprint density at radius 1 is 0.969 bits per heavy atom. The molecule has 6 nitrogen and oxygen atoms in total. The number of rotatable bonds is 13. The molecule has 0 bridgehead atoms. The Hall–Kier alpha value is -1.81. The van der Waals surface area contributed by atoms with E-state index >= 15 is 0 Å². The minimum atomic E-state index is -3.32. The second-order valence-corrected chi connectivity index (χ2v) is 9.77. The van der Waals surface area contributed by atoms with Crippen LogP contribution in [0.15, 0.2) is 67.3 Å². The number of amides is 1. The van der Waals surface area contributed by atoms with Crippen molar-refractivity contribution >= 4 is 37.4 Å². The van der Waals surface area contributed by atoms with Crippen molar-refractivity contribution < 1.29 is 18.1 Å². The summed E-state index contributed by atoms with van der Waals surface area (Å²) >= 11 is 0. The van der Waals surface area contributed by atoms with Crippen LogP contribution in [0.4, 0.5) is 5.69 Å². The second-order valence-electron chi connectivity index (χ2n) is 6.94. The number of carbonyl (C=O) groups excluding carboxylic acids is 1. The van der Waals surface area contributed by atoms with Gasteiger partial charge in [-0.2, -0.15) is 0 Å². The minimum Gasteiger partial charge on any atom is -0.373 e. The average Bonchev–Trinajstić information content (AvgIpc) is 2.79. The van der Waals surface area contributed by atoms with E-state index in [1.54, 1.807) is 0 Å². The number of hydrogen-bond acceptors (Lipinski definition) is 5. The van der Waals surface area contributed by atoms with Crippen molar-refractivity contribution in [1.82, 2.24) is 0 Å². The second kappa shape index (κ2) is 13.7. The Morgan fingerprint density at radius 2 is 1.47 bits per heavy atom. The highest BCUT2D eigenvalue weighted by molar-refractivity contribution is 8.93. The molecule has 0 spiro atoms. The zero-order valence-corrected chi connectivity index (χ0v) is 21.8. The van der Waals surface area contributed by atoms with Crippen molar-refractivity contribution in [2.24, 2.45) is 5.73 Å². The number of benzene rings is 2. The average molecular weight is 524 g/mol. The van der Waals surface area contributed by atoms with Crippen LogP contribution in [0.2, 0.25) is 0 Å². The molecule has 0 fully saturated rings. The first kappa shape index (κ1) is 28.2. The van der Waals surface area contributed by atoms with Gasteiger partial charge in [-0.15, -0.1) is 17.0 Å². The van der Waals surface area contributed by atoms with Gasteiger partial charge in [-0.3, -0.25) is 4.79 Å². The van der Waals surface area contributed by atoms with E-state index in [4.69, 9.17) is 19.0 Å². The normalized spacial score (nSPS) is 13.0. The molecule has 8 heteroatoms. The van der Waals surface area contributed by atoms with Crippen molar-refractivity contribution in [2.75, 3.05) is 31.7 Å². The summed E-state index contributed by atoms with van der Waals surface area (Å²) in [6.45, 7) is 11.1. The smallest absolute Gasteiger partial charge is 0.373 e. The largest absolute Gasteiger partial charge is 0.516 e. The van der Waals surface area contributed by atoms with Crippen LogP contribution in [0.3, 0.4) is 0 Å². The van der Waals surface area contributed by atoms with Crippen molar-refractivity contribution in [1.29, 1.82) is 0 Å². The first-order chi connectivity index (χ1) is 15.0. The van der Waals surface area contributed by atoms with Gasteiger partial charge >= 0.3 is 8.80 Å². The maximum atomic E-state index is 11.7. The maximum absolute atomic E-state index is 11.7. The first-order valence-electron chi connectivity index (χ1n) is 10.7. The van der Waals surface area contributed by atoms with Gasteiger partial charge < -0.3 is 24.3 Å². The van der Waals surface area contributed by atoms with Gasteiger partial charge in [0.2, 0.25) is 5.91 Å². The van der Waals surface area contributed by atoms with E-state index in [2.05, 4.69) is 24.0 Å². The molecule has 32 heavy (non-hydrogen) atoms. The van der Waals surface area contributed by atoms with Gasteiger partial charge in [0.15, 0.2) is 0 Å². The lowest BCUT2D eigenvalue weighted by Crippen LogP contribution is -2.64. The van der Waals surface area contributed by atoms with E-state index in [0.717, 1.165) is 11.1 Å². The molecule has 0 radical (unpaired) electrons. The molecule has 0 aliphatic heterocycles. The van der Waals surface area contributed by atoms with Crippen LogP contribution >= 0.6 is 17.0 Å². The lowest BCUT2D eigenvalue weighted by atomic mass is 9.87. The molecule has 2 rings (SSSR count). The predicted octanol–water partition coefficient (Wildman–Crippen LogP) is 4.61. The van der Waals surface area contributed by atoms with Gasteiger partial charge in [0.1, 0.15) is 0 Å². The van der Waals surface area contributed by atoms with Gasteiger partial charge in [-0.05, 0) is 63.1 Å². The van der Waals surface area contributed by atoms with Crippen molar-refractivity contribution in [2.45, 2.75) is 32.2 Å². The van der Waals surface area contributed by atoms with Crippen molar-refractivity contribution in [3.63, 3.8) is 0 Å². The van der Waals surface area contributed by atoms with Crippen LogP contribution in [0.1, 0.15) is 38.3 Å². The first-order valence-corrected chi connectivity index (χ1v) is 12.5. The summed E-state index contributed by atoms with van der Waals surface area (Å²) in [7, 11) is -3.32. The van der Waals surface area contributed by atoms with Gasteiger partial charge in [0, 0.05) is 25.5 Å². The molecule has 1 atom stereocenters. The van der Waals surface area contributed by atoms with E-state index in [9.17, 15) is 4.79 Å². The summed E-state index contributed by atoms with van der Waals surface area (Å²) in [5.41, 5.74) is 8.86. The van der Waals surface area contributed by atoms with Crippen LogP contribution in [0.5, 0.6) is 0 Å². The molecule has 0 aliphatic carbocycles. The summed E-state index contributed by atoms with van der Waals surface area (Å²) in [6, 6.07) is 17.8. The van der Waals surface area contributed by atoms with Crippen molar-refractivity contribution in [3.8, 4) is 0 Å². The van der Waals surface area contributed by atoms with Gasteiger partial charge in [-0.1, -0.05) is 49.0 Å². The molecule has 0 heterocycles. The van der Waals surface area contributed by atoms with Gasteiger partial charge in [-0.25, -0.2) is 0 Å². The minimum absolute atomic E-state index is 0. The number of anilines is 1. The fourth-order valence-electron chi connectivity index (χ4n) is 4.00. The molecular weight excluding hydrogens is 488 g/mol. The Kier molecular flexibility index (Phi) is 12.1. The topological polar surface area (TPSA) is 82.8 Å². The Morgan fingerprint density at radius 3 is 1.91 bits per heavy atom. The highest BCUT2D eigenvalue weighted by Crippen LogP contribution is 2.45. The number of nitrogens with two attached hydrogens (primary N) is 1. The van der Waals surface area contributed by atoms with E-state index < -0.39 is 13.8 Å². The summed E-state index contributed by atoms with van der Waals surface area (Å²) in [5, 5.41) is 2.09. The molecule has 0 aliphatic rings. The van der Waals surface area contributed by atoms with Crippen LogP contribution in [-0.2, 0) is 23.1 Å². The fourth-order valence-corrected chi connectivity index (χ4v) is 7.62. The molecule has 1 unspecified atom stereocenters. The monoisotopic (exact) mass is 522 g/mol. The molecule has 0 saturated carbocycles. The van der Waals surface area contributed by atoms with E-state index in [1.165, 1.54) is 6.08 Å². The summed E-state index contributed by atoms with van der Waals surface area (Å²) < 4.78 is 19.2. The number of halogens is 1. The highest BCUT2D eigenvalue weighted by Gasteiger charge is 2.62. The number of hydrogen-bond donors (Lipinski definition) is 2. The Balaban J connectivity index is 0.00000512. The van der Waals surface area contributed by atoms with E-state index in [0.29, 0.717) is 38.5 Å². The zero-order chi connectivity index (χ0) is 22.7. The molecule has 176 valence electrons. The van der Waals surface area contributed by atoms with Crippen molar-refractivity contribution in [3.05, 3.63) is 78.4 Å². The number of nitrogens with one attached hydrogen (secondary N) is 1. The lowest BCUT2D eigenvalue weighted by Gasteiger charge is -2.46. The SMILES string of the molecule is Br.C=CC(=O)Nc1ccc(C(CCN)(c2ccccc2)[Si](OCC)(OCC)OCC)cc1. The van der Waals surface area contributed by atoms with E-state index in [-0.39, 0.29) is 22.9 Å². The predicted molar refractivity (Wildman–Crippen MR) is 137 cm³/mol. The molecule has 1 amide bonds. The summed E-state index contributed by atoms with van der Waals surface area (Å²) in [5.74, 6) is -0.259. The van der Waals surface area contributed by atoms with E-state index in [1.807, 2.05) is 63.2 Å². The molecule has 0 aromatic heterocycles. The van der Waals surface area contributed by atoms with Crippen LogP contribution < -0.4 is 11.1 Å². The Labute approximate surface area is 203 Å². The fraction of sp³-hybridized carbons (Fsp3) is 0.375. The van der Waals surface area contributed by atoms with Crippen LogP contribution in [0.25, 0.3) is 0 Å².